The van der Waals surface area contributed by atoms with Crippen molar-refractivity contribution in [3.63, 3.8) is 0 Å². The first-order valence-corrected chi connectivity index (χ1v) is 5.44. The van der Waals surface area contributed by atoms with E-state index in [1.165, 1.54) is 0 Å². The summed E-state index contributed by atoms with van der Waals surface area (Å²) in [6.07, 6.45) is -4.05. The zero-order chi connectivity index (χ0) is 14.2. The normalized spacial score (nSPS) is 31.9. The van der Waals surface area contributed by atoms with Crippen molar-refractivity contribution in [2.24, 2.45) is 5.73 Å². The molecule has 1 aliphatic rings. The number of nitrogens with two attached hydrogens (primary N) is 1. The minimum Gasteiger partial charge on any atom is -0.387 e. The molecule has 0 amide bonds. The minimum atomic E-state index is -1.44. The Bertz CT molecular complexity index is 617. The molecular formula is C10H12N4O5. The van der Waals surface area contributed by atoms with Crippen LogP contribution in [0, 0.1) is 11.3 Å². The van der Waals surface area contributed by atoms with Crippen molar-refractivity contribution < 1.29 is 14.9 Å². The molecule has 0 aromatic carbocycles. The van der Waals surface area contributed by atoms with Crippen LogP contribution in [-0.2, 0) is 4.74 Å². The van der Waals surface area contributed by atoms with Gasteiger partial charge in [-0.2, -0.15) is 5.26 Å². The van der Waals surface area contributed by atoms with E-state index in [-0.39, 0.29) is 0 Å². The first kappa shape index (κ1) is 13.4. The van der Waals surface area contributed by atoms with Gasteiger partial charge in [0.2, 0.25) is 0 Å². The summed E-state index contributed by atoms with van der Waals surface area (Å²) in [7, 11) is 0. The summed E-state index contributed by atoms with van der Waals surface area (Å²) in [5, 5.41) is 28.3. The highest BCUT2D eigenvalue weighted by atomic mass is 16.6. The van der Waals surface area contributed by atoms with Crippen molar-refractivity contribution in [2.45, 2.75) is 30.6 Å². The lowest BCUT2D eigenvalue weighted by atomic mass is 10.1. The number of nitrogens with zero attached hydrogens (tertiary/aromatic N) is 2. The Morgan fingerprint density at radius 3 is 2.74 bits per heavy atom. The van der Waals surface area contributed by atoms with Crippen molar-refractivity contribution >= 4 is 0 Å². The highest BCUT2D eigenvalue weighted by molar-refractivity contribution is 5.03. The number of nitriles is 1. The Morgan fingerprint density at radius 2 is 2.16 bits per heavy atom. The Kier molecular flexibility index (Phi) is 3.50. The van der Waals surface area contributed by atoms with Gasteiger partial charge in [0.1, 0.15) is 24.4 Å². The zero-order valence-corrected chi connectivity index (χ0v) is 9.63. The zero-order valence-electron chi connectivity index (χ0n) is 9.63. The van der Waals surface area contributed by atoms with E-state index in [2.05, 4.69) is 0 Å². The maximum Gasteiger partial charge on any atom is 0.330 e. The van der Waals surface area contributed by atoms with Crippen molar-refractivity contribution in [3.05, 3.63) is 33.1 Å². The fourth-order valence-corrected chi connectivity index (χ4v) is 1.91. The molecule has 1 aliphatic heterocycles. The van der Waals surface area contributed by atoms with Crippen LogP contribution >= 0.6 is 0 Å². The van der Waals surface area contributed by atoms with Gasteiger partial charge in [-0.3, -0.25) is 14.3 Å². The maximum atomic E-state index is 11.6. The number of ether oxygens (including phenoxy) is 1. The Balaban J connectivity index is 2.35. The second-order valence-electron chi connectivity index (χ2n) is 4.14. The smallest absolute Gasteiger partial charge is 0.330 e. The summed E-state index contributed by atoms with van der Waals surface area (Å²) in [5.41, 5.74) is 4.04. The molecule has 0 aliphatic carbocycles. The van der Waals surface area contributed by atoms with Gasteiger partial charge in [0.15, 0.2) is 6.23 Å². The summed E-state index contributed by atoms with van der Waals surface area (Å²) in [6.45, 7) is 0. The van der Waals surface area contributed by atoms with Crippen molar-refractivity contribution in [2.75, 3.05) is 0 Å². The summed E-state index contributed by atoms with van der Waals surface area (Å²) < 4.78 is 6.15. The first-order chi connectivity index (χ1) is 8.95. The standard InChI is InChI=1S/C10H12N4O5/c11-3-4(12)8-6(16)7(17)9(19-8)14-2-1-5(15)13-10(14)18/h1-2,4,6-9,16-17H,12H2,(H,13,15,18)/t4-,6-,7+,8+,9+/m0/s1. The fourth-order valence-electron chi connectivity index (χ4n) is 1.91. The van der Waals surface area contributed by atoms with Crippen LogP contribution in [0.2, 0.25) is 0 Å². The summed E-state index contributed by atoms with van der Waals surface area (Å²) in [6, 6.07) is 1.62. The van der Waals surface area contributed by atoms with E-state index in [0.717, 1.165) is 16.8 Å². The molecule has 2 rings (SSSR count). The Morgan fingerprint density at radius 1 is 1.47 bits per heavy atom. The SMILES string of the molecule is N#C[C@H](N)[C@H]1O[C@@H](n2ccc(=O)[nH]c2=O)[C@H](O)[C@@H]1O. The highest BCUT2D eigenvalue weighted by Crippen LogP contribution is 2.29. The molecule has 1 aromatic rings. The average molecular weight is 268 g/mol. The molecule has 0 bridgehead atoms. The number of hydrogen-bond acceptors (Lipinski definition) is 7. The van der Waals surface area contributed by atoms with Gasteiger partial charge in [-0.15, -0.1) is 0 Å². The van der Waals surface area contributed by atoms with Gasteiger partial charge in [0, 0.05) is 12.3 Å². The molecule has 0 saturated carbocycles. The van der Waals surface area contributed by atoms with Crippen molar-refractivity contribution in [1.82, 2.24) is 9.55 Å². The maximum absolute atomic E-state index is 11.6. The van der Waals surface area contributed by atoms with Crippen molar-refractivity contribution in [1.29, 1.82) is 5.26 Å². The van der Waals surface area contributed by atoms with Crippen LogP contribution in [0.1, 0.15) is 6.23 Å². The van der Waals surface area contributed by atoms with Crippen LogP contribution in [0.15, 0.2) is 21.9 Å². The number of aromatic nitrogens is 2. The van der Waals surface area contributed by atoms with Crippen LogP contribution in [0.5, 0.6) is 0 Å². The molecule has 1 fully saturated rings. The van der Waals surface area contributed by atoms with Gasteiger partial charge in [-0.05, 0) is 0 Å². The van der Waals surface area contributed by atoms with Crippen LogP contribution in [0.25, 0.3) is 0 Å². The third-order valence-corrected chi connectivity index (χ3v) is 2.90. The predicted octanol–water partition coefficient (Wildman–Crippen LogP) is -2.99. The summed E-state index contributed by atoms with van der Waals surface area (Å²) in [4.78, 5) is 24.5. The number of aromatic amines is 1. The van der Waals surface area contributed by atoms with Gasteiger partial charge in [0.25, 0.3) is 5.56 Å². The molecule has 9 heteroatoms. The third kappa shape index (κ3) is 2.29. The van der Waals surface area contributed by atoms with E-state index in [0.29, 0.717) is 0 Å². The van der Waals surface area contributed by atoms with E-state index in [1.807, 2.05) is 4.98 Å². The minimum absolute atomic E-state index is 0.598. The lowest BCUT2D eigenvalue weighted by Crippen LogP contribution is -2.42. The fraction of sp³-hybridized carbons (Fsp3) is 0.500. The molecular weight excluding hydrogens is 256 g/mol. The lowest BCUT2D eigenvalue weighted by molar-refractivity contribution is -0.0420. The van der Waals surface area contributed by atoms with Gasteiger partial charge < -0.3 is 20.7 Å². The van der Waals surface area contributed by atoms with Gasteiger partial charge >= 0.3 is 5.69 Å². The van der Waals surface area contributed by atoms with E-state index in [4.69, 9.17) is 15.7 Å². The molecule has 5 N–H and O–H groups in total. The molecule has 0 spiro atoms. The number of hydrogen-bond donors (Lipinski definition) is 4. The number of nitrogens with one attached hydrogen (secondary N) is 1. The topological polar surface area (TPSA) is 154 Å². The second kappa shape index (κ2) is 4.94. The Hall–Kier alpha value is -1.99. The number of aliphatic hydroxyl groups is 2. The molecule has 1 aromatic heterocycles. The third-order valence-electron chi connectivity index (χ3n) is 2.90. The van der Waals surface area contributed by atoms with E-state index >= 15 is 0 Å². The van der Waals surface area contributed by atoms with Crippen LogP contribution in [0.4, 0.5) is 0 Å². The molecule has 0 radical (unpaired) electrons. The molecule has 9 nitrogen and oxygen atoms in total. The molecule has 0 unspecified atom stereocenters. The largest absolute Gasteiger partial charge is 0.387 e. The highest BCUT2D eigenvalue weighted by Gasteiger charge is 2.46. The molecule has 1 saturated heterocycles. The van der Waals surface area contributed by atoms with E-state index < -0.39 is 41.8 Å². The molecule has 19 heavy (non-hydrogen) atoms. The Labute approximate surface area is 106 Å². The van der Waals surface area contributed by atoms with E-state index in [1.54, 1.807) is 6.07 Å². The molecule has 102 valence electrons. The van der Waals surface area contributed by atoms with Crippen LogP contribution in [0.3, 0.4) is 0 Å². The van der Waals surface area contributed by atoms with Gasteiger partial charge in [-0.25, -0.2) is 4.79 Å². The number of aliphatic hydroxyl groups excluding tert-OH is 2. The van der Waals surface area contributed by atoms with Crippen LogP contribution < -0.4 is 17.0 Å². The monoisotopic (exact) mass is 268 g/mol. The quantitative estimate of drug-likeness (QED) is 0.445. The summed E-state index contributed by atoms with van der Waals surface area (Å²) in [5.74, 6) is 0. The lowest BCUT2D eigenvalue weighted by Gasteiger charge is -2.17. The summed E-state index contributed by atoms with van der Waals surface area (Å²) >= 11 is 0. The number of rotatable bonds is 2. The second-order valence-corrected chi connectivity index (χ2v) is 4.14. The molecule has 5 atom stereocenters. The number of H-pyrrole nitrogens is 1. The van der Waals surface area contributed by atoms with Crippen LogP contribution in [-0.4, -0.2) is 44.1 Å². The first-order valence-electron chi connectivity index (χ1n) is 5.44. The van der Waals surface area contributed by atoms with Gasteiger partial charge in [0.05, 0.1) is 6.07 Å². The molecule has 2 heterocycles. The van der Waals surface area contributed by atoms with Gasteiger partial charge in [-0.1, -0.05) is 0 Å². The predicted molar refractivity (Wildman–Crippen MR) is 60.8 cm³/mol. The van der Waals surface area contributed by atoms with Crippen molar-refractivity contribution in [3.8, 4) is 6.07 Å². The average Bonchev–Trinajstić information content (AvgIpc) is 2.66. The van der Waals surface area contributed by atoms with E-state index in [9.17, 15) is 19.8 Å².